The smallest absolute Gasteiger partial charge is 0.0879 e. The number of hydrogen-bond donors (Lipinski definition) is 1. The topological polar surface area (TPSA) is 58.4 Å². The molecule has 0 bridgehead atoms. The molecule has 1 unspecified atom stereocenters. The number of pyridine rings is 2. The van der Waals surface area contributed by atoms with E-state index >= 15 is 0 Å². The Morgan fingerprint density at radius 3 is 2.28 bits per heavy atom. The standard InChI is InChI=1S/C21H21N3O/c1-15-12-18(13-16(2)23-15)21(24-25)14-19(17-8-4-3-5-9-17)20-10-6-7-11-22-20/h3-13,19,25H,14H2,1-2H3/b24-21-. The summed E-state index contributed by atoms with van der Waals surface area (Å²) in [6.07, 6.45) is 2.35. The number of aromatic nitrogens is 2. The van der Waals surface area contributed by atoms with Crippen molar-refractivity contribution in [2.24, 2.45) is 5.16 Å². The van der Waals surface area contributed by atoms with Crippen LogP contribution in [0, 0.1) is 13.8 Å². The molecule has 0 aliphatic carbocycles. The SMILES string of the molecule is Cc1cc(/C(CC(c2ccccc2)c2ccccn2)=N\O)cc(C)n1. The second-order valence-corrected chi connectivity index (χ2v) is 6.11. The highest BCUT2D eigenvalue weighted by molar-refractivity contribution is 6.01. The molecule has 25 heavy (non-hydrogen) atoms. The second kappa shape index (κ2) is 7.71. The summed E-state index contributed by atoms with van der Waals surface area (Å²) in [4.78, 5) is 8.92. The summed E-state index contributed by atoms with van der Waals surface area (Å²) in [6, 6.07) is 20.0. The Balaban J connectivity index is 1.99. The van der Waals surface area contributed by atoms with Crippen LogP contribution in [0.3, 0.4) is 0 Å². The molecule has 1 atom stereocenters. The van der Waals surface area contributed by atoms with Crippen LogP contribution in [0.2, 0.25) is 0 Å². The third-order valence-corrected chi connectivity index (χ3v) is 4.18. The van der Waals surface area contributed by atoms with Crippen LogP contribution in [-0.4, -0.2) is 20.9 Å². The van der Waals surface area contributed by atoms with E-state index in [2.05, 4.69) is 27.3 Å². The molecule has 3 aromatic rings. The van der Waals surface area contributed by atoms with Gasteiger partial charge in [-0.1, -0.05) is 41.6 Å². The van der Waals surface area contributed by atoms with Crippen molar-refractivity contribution in [3.8, 4) is 0 Å². The lowest BCUT2D eigenvalue weighted by Crippen LogP contribution is -2.12. The van der Waals surface area contributed by atoms with Gasteiger partial charge in [0.1, 0.15) is 0 Å². The monoisotopic (exact) mass is 331 g/mol. The van der Waals surface area contributed by atoms with Crippen LogP contribution in [0.4, 0.5) is 0 Å². The van der Waals surface area contributed by atoms with Gasteiger partial charge in [-0.3, -0.25) is 9.97 Å². The second-order valence-electron chi connectivity index (χ2n) is 6.11. The fourth-order valence-electron chi connectivity index (χ4n) is 3.07. The van der Waals surface area contributed by atoms with Gasteiger partial charge < -0.3 is 5.21 Å². The molecule has 0 aliphatic rings. The van der Waals surface area contributed by atoms with Crippen LogP contribution in [-0.2, 0) is 0 Å². The number of hydrogen-bond acceptors (Lipinski definition) is 4. The van der Waals surface area contributed by atoms with Gasteiger partial charge in [0.2, 0.25) is 0 Å². The summed E-state index contributed by atoms with van der Waals surface area (Å²) in [5, 5.41) is 13.2. The summed E-state index contributed by atoms with van der Waals surface area (Å²) in [7, 11) is 0. The Bertz CT molecular complexity index is 801. The van der Waals surface area contributed by atoms with Crippen molar-refractivity contribution >= 4 is 5.71 Å². The van der Waals surface area contributed by atoms with Gasteiger partial charge >= 0.3 is 0 Å². The predicted octanol–water partition coefficient (Wildman–Crippen LogP) is 4.49. The summed E-state index contributed by atoms with van der Waals surface area (Å²) in [6.45, 7) is 3.89. The Hall–Kier alpha value is -3.01. The quantitative estimate of drug-likeness (QED) is 0.425. The van der Waals surface area contributed by atoms with E-state index in [0.29, 0.717) is 12.1 Å². The zero-order chi connectivity index (χ0) is 17.6. The molecule has 0 aliphatic heterocycles. The van der Waals surface area contributed by atoms with Gasteiger partial charge in [0, 0.05) is 41.2 Å². The fourth-order valence-corrected chi connectivity index (χ4v) is 3.07. The van der Waals surface area contributed by atoms with Gasteiger partial charge in [0.05, 0.1) is 5.71 Å². The highest BCUT2D eigenvalue weighted by atomic mass is 16.4. The number of oxime groups is 1. The zero-order valence-electron chi connectivity index (χ0n) is 14.4. The molecule has 2 aromatic heterocycles. The maximum absolute atomic E-state index is 9.65. The molecule has 2 heterocycles. The highest BCUT2D eigenvalue weighted by Gasteiger charge is 2.20. The van der Waals surface area contributed by atoms with Crippen LogP contribution in [0.5, 0.6) is 0 Å². The van der Waals surface area contributed by atoms with E-state index in [9.17, 15) is 5.21 Å². The minimum Gasteiger partial charge on any atom is -0.411 e. The van der Waals surface area contributed by atoms with Gasteiger partial charge in [-0.25, -0.2) is 0 Å². The fraction of sp³-hybridized carbons (Fsp3) is 0.190. The third-order valence-electron chi connectivity index (χ3n) is 4.18. The van der Waals surface area contributed by atoms with Crippen LogP contribution in [0.15, 0.2) is 72.0 Å². The van der Waals surface area contributed by atoms with Crippen LogP contribution < -0.4 is 0 Å². The van der Waals surface area contributed by atoms with Gasteiger partial charge in [-0.2, -0.15) is 0 Å². The summed E-state index contributed by atoms with van der Waals surface area (Å²) in [5.74, 6) is 0.0158. The first-order chi connectivity index (χ1) is 12.2. The van der Waals surface area contributed by atoms with Crippen LogP contribution in [0.25, 0.3) is 0 Å². The highest BCUT2D eigenvalue weighted by Crippen LogP contribution is 2.28. The molecule has 126 valence electrons. The Kier molecular flexibility index (Phi) is 5.19. The minimum absolute atomic E-state index is 0.0158. The lowest BCUT2D eigenvalue weighted by molar-refractivity contribution is 0.317. The molecule has 1 aromatic carbocycles. The largest absolute Gasteiger partial charge is 0.411 e. The first-order valence-electron chi connectivity index (χ1n) is 8.30. The number of aryl methyl sites for hydroxylation is 2. The maximum atomic E-state index is 9.65. The van der Waals surface area contributed by atoms with E-state index in [4.69, 9.17) is 0 Å². The number of nitrogens with zero attached hydrogens (tertiary/aromatic N) is 3. The van der Waals surface area contributed by atoms with E-state index in [1.54, 1.807) is 6.20 Å². The molecular formula is C21H21N3O. The van der Waals surface area contributed by atoms with E-state index in [-0.39, 0.29) is 5.92 Å². The molecule has 4 heteroatoms. The van der Waals surface area contributed by atoms with Crippen LogP contribution >= 0.6 is 0 Å². The molecule has 1 N–H and O–H groups in total. The van der Waals surface area contributed by atoms with Crippen molar-refractivity contribution in [1.29, 1.82) is 0 Å². The Labute approximate surface area is 147 Å². The Morgan fingerprint density at radius 2 is 1.68 bits per heavy atom. The molecule has 4 nitrogen and oxygen atoms in total. The Morgan fingerprint density at radius 1 is 1.00 bits per heavy atom. The lowest BCUT2D eigenvalue weighted by Gasteiger charge is -2.18. The average molecular weight is 331 g/mol. The van der Waals surface area contributed by atoms with Gasteiger partial charge in [0.15, 0.2) is 0 Å². The van der Waals surface area contributed by atoms with E-state index in [1.165, 1.54) is 0 Å². The molecule has 3 rings (SSSR count). The van der Waals surface area contributed by atoms with Crippen molar-refractivity contribution in [3.63, 3.8) is 0 Å². The summed E-state index contributed by atoms with van der Waals surface area (Å²) < 4.78 is 0. The molecule has 0 saturated heterocycles. The normalized spacial score (nSPS) is 12.8. The van der Waals surface area contributed by atoms with Crippen molar-refractivity contribution in [3.05, 3.63) is 95.1 Å². The van der Waals surface area contributed by atoms with E-state index in [0.717, 1.165) is 28.2 Å². The first-order valence-corrected chi connectivity index (χ1v) is 8.30. The molecule has 0 radical (unpaired) electrons. The van der Waals surface area contributed by atoms with E-state index < -0.39 is 0 Å². The summed E-state index contributed by atoms with van der Waals surface area (Å²) in [5.41, 5.74) is 5.44. The number of rotatable bonds is 5. The molecule has 0 saturated carbocycles. The number of benzene rings is 1. The zero-order valence-corrected chi connectivity index (χ0v) is 14.4. The predicted molar refractivity (Wildman–Crippen MR) is 99.2 cm³/mol. The van der Waals surface area contributed by atoms with Gasteiger partial charge in [0.25, 0.3) is 0 Å². The summed E-state index contributed by atoms with van der Waals surface area (Å²) >= 11 is 0. The molecule has 0 amide bonds. The van der Waals surface area contributed by atoms with Crippen molar-refractivity contribution in [2.45, 2.75) is 26.2 Å². The third kappa shape index (κ3) is 4.10. The van der Waals surface area contributed by atoms with Gasteiger partial charge in [-0.05, 0) is 43.7 Å². The van der Waals surface area contributed by atoms with Crippen molar-refractivity contribution in [2.75, 3.05) is 0 Å². The first kappa shape index (κ1) is 16.8. The molecule has 0 spiro atoms. The lowest BCUT2D eigenvalue weighted by atomic mass is 9.88. The van der Waals surface area contributed by atoms with Crippen molar-refractivity contribution in [1.82, 2.24) is 9.97 Å². The maximum Gasteiger partial charge on any atom is 0.0879 e. The van der Waals surface area contributed by atoms with Gasteiger partial charge in [-0.15, -0.1) is 0 Å². The van der Waals surface area contributed by atoms with Crippen molar-refractivity contribution < 1.29 is 5.21 Å². The molecular weight excluding hydrogens is 310 g/mol. The van der Waals surface area contributed by atoms with E-state index in [1.807, 2.05) is 62.4 Å². The molecule has 0 fully saturated rings. The average Bonchev–Trinajstić information content (AvgIpc) is 2.63. The minimum atomic E-state index is 0.0158. The van der Waals surface area contributed by atoms with Crippen LogP contribution in [0.1, 0.15) is 40.5 Å².